The number of hydrogen-bond donors (Lipinski definition) is 3. The molecule has 0 saturated heterocycles. The number of carbonyl (C=O) groups is 1. The Labute approximate surface area is 176 Å². The summed E-state index contributed by atoms with van der Waals surface area (Å²) in [6.45, 7) is 10.8. The number of aliphatic hydroxyl groups is 2. The molecule has 1 aliphatic carbocycles. The van der Waals surface area contributed by atoms with Crippen molar-refractivity contribution < 1.29 is 20.1 Å². The highest BCUT2D eigenvalue weighted by atomic mass is 16.5. The Kier molecular flexibility index (Phi) is 11.2. The third-order valence-corrected chi connectivity index (χ3v) is 5.82. The van der Waals surface area contributed by atoms with Gasteiger partial charge in [0.2, 0.25) is 0 Å². The fourth-order valence-corrected chi connectivity index (χ4v) is 3.82. The molecule has 4 heteroatoms. The molecule has 0 amide bonds. The van der Waals surface area contributed by atoms with Gasteiger partial charge in [-0.1, -0.05) is 55.0 Å². The largest absolute Gasteiger partial charge is 0.477 e. The Hall–Kier alpha value is -1.65. The lowest BCUT2D eigenvalue weighted by Gasteiger charge is -2.16. The van der Waals surface area contributed by atoms with Crippen molar-refractivity contribution in [2.24, 2.45) is 17.8 Å². The Morgan fingerprint density at radius 2 is 1.86 bits per heavy atom. The molecule has 1 fully saturated rings. The van der Waals surface area contributed by atoms with Crippen LogP contribution in [0.15, 0.2) is 48.1 Å². The predicted molar refractivity (Wildman–Crippen MR) is 119 cm³/mol. The number of hydrogen-bond acceptors (Lipinski definition) is 3. The third kappa shape index (κ3) is 10.1. The number of carboxylic acid groups (broad SMARTS) is 1. The van der Waals surface area contributed by atoms with Gasteiger partial charge in [0.05, 0.1) is 0 Å². The SMILES string of the molecule is C=C1CC[C@H](C=CCC[C@@H](C)CCC=C(C)C)[C@H]1CC=CCCC(O)(O)C(=O)O. The predicted octanol–water partition coefficient (Wildman–Crippen LogP) is 5.78. The highest BCUT2D eigenvalue weighted by Gasteiger charge is 2.31. The topological polar surface area (TPSA) is 77.8 Å². The summed E-state index contributed by atoms with van der Waals surface area (Å²) in [7, 11) is 0. The van der Waals surface area contributed by atoms with Crippen molar-refractivity contribution in [2.75, 3.05) is 0 Å². The van der Waals surface area contributed by atoms with Gasteiger partial charge < -0.3 is 15.3 Å². The summed E-state index contributed by atoms with van der Waals surface area (Å²) in [6.07, 6.45) is 18.8. The average molecular weight is 405 g/mol. The highest BCUT2D eigenvalue weighted by molar-refractivity contribution is 5.74. The van der Waals surface area contributed by atoms with Gasteiger partial charge >= 0.3 is 5.97 Å². The number of carboxylic acids is 1. The van der Waals surface area contributed by atoms with Crippen LogP contribution in [0.2, 0.25) is 0 Å². The van der Waals surface area contributed by atoms with Crippen LogP contribution >= 0.6 is 0 Å². The van der Waals surface area contributed by atoms with E-state index >= 15 is 0 Å². The van der Waals surface area contributed by atoms with Crippen LogP contribution in [0.3, 0.4) is 0 Å². The van der Waals surface area contributed by atoms with E-state index in [-0.39, 0.29) is 6.42 Å². The van der Waals surface area contributed by atoms with Gasteiger partial charge in [-0.2, -0.15) is 0 Å². The smallest absolute Gasteiger partial charge is 0.364 e. The molecule has 29 heavy (non-hydrogen) atoms. The van der Waals surface area contributed by atoms with Crippen molar-refractivity contribution in [1.82, 2.24) is 0 Å². The number of rotatable bonds is 13. The van der Waals surface area contributed by atoms with Crippen LogP contribution in [-0.2, 0) is 4.79 Å². The maximum atomic E-state index is 10.7. The van der Waals surface area contributed by atoms with Crippen molar-refractivity contribution in [3.8, 4) is 0 Å². The van der Waals surface area contributed by atoms with Gasteiger partial charge in [0.1, 0.15) is 0 Å². The summed E-state index contributed by atoms with van der Waals surface area (Å²) >= 11 is 0. The van der Waals surface area contributed by atoms with Gasteiger partial charge in [-0.25, -0.2) is 4.79 Å². The molecule has 0 bridgehead atoms. The molecule has 1 saturated carbocycles. The van der Waals surface area contributed by atoms with Crippen LogP contribution in [0, 0.1) is 17.8 Å². The molecule has 164 valence electrons. The molecule has 1 aliphatic rings. The van der Waals surface area contributed by atoms with Crippen LogP contribution in [0.25, 0.3) is 0 Å². The van der Waals surface area contributed by atoms with Crippen molar-refractivity contribution in [3.63, 3.8) is 0 Å². The molecule has 0 unspecified atom stereocenters. The van der Waals surface area contributed by atoms with Crippen molar-refractivity contribution in [2.45, 2.75) is 84.3 Å². The molecule has 0 aliphatic heterocycles. The zero-order valence-electron chi connectivity index (χ0n) is 18.4. The fourth-order valence-electron chi connectivity index (χ4n) is 3.82. The monoisotopic (exact) mass is 404 g/mol. The Bertz CT molecular complexity index is 608. The molecule has 0 aromatic rings. The van der Waals surface area contributed by atoms with Crippen LogP contribution in [0.1, 0.15) is 78.6 Å². The van der Waals surface area contributed by atoms with Crippen molar-refractivity contribution in [1.29, 1.82) is 0 Å². The lowest BCUT2D eigenvalue weighted by atomic mass is 9.89. The highest BCUT2D eigenvalue weighted by Crippen LogP contribution is 2.39. The van der Waals surface area contributed by atoms with Gasteiger partial charge in [-0.15, -0.1) is 0 Å². The molecule has 0 spiro atoms. The first-order valence-corrected chi connectivity index (χ1v) is 10.9. The summed E-state index contributed by atoms with van der Waals surface area (Å²) in [4.78, 5) is 10.7. The van der Waals surface area contributed by atoms with E-state index in [1.165, 1.54) is 30.4 Å². The van der Waals surface area contributed by atoms with Gasteiger partial charge in [0.25, 0.3) is 5.79 Å². The minimum Gasteiger partial charge on any atom is -0.477 e. The van der Waals surface area contributed by atoms with E-state index < -0.39 is 11.8 Å². The molecule has 3 N–H and O–H groups in total. The Morgan fingerprint density at radius 1 is 1.17 bits per heavy atom. The number of aliphatic carboxylic acids is 1. The van der Waals surface area contributed by atoms with E-state index in [2.05, 4.69) is 45.6 Å². The van der Waals surface area contributed by atoms with Crippen molar-refractivity contribution in [3.05, 3.63) is 48.1 Å². The zero-order valence-corrected chi connectivity index (χ0v) is 18.4. The third-order valence-electron chi connectivity index (χ3n) is 5.82. The van der Waals surface area contributed by atoms with E-state index in [1.54, 1.807) is 0 Å². The second-order valence-corrected chi connectivity index (χ2v) is 8.80. The van der Waals surface area contributed by atoms with E-state index in [0.29, 0.717) is 18.3 Å². The molecular formula is C25H40O4. The molecule has 0 heterocycles. The standard InChI is InChI=1S/C25H40O4/c1-19(2)11-10-13-20(3)12-7-8-14-22-17-16-21(4)23(22)15-6-5-9-18-25(28,29)24(26)27/h5-6,8,11,14,20,22-23,28-29H,4,7,9-10,12-13,15-18H2,1-3H3,(H,26,27)/t20-,22+,23+/m1/s1. The quantitative estimate of drug-likeness (QED) is 0.269. The second kappa shape index (κ2) is 12.8. The van der Waals surface area contributed by atoms with E-state index in [9.17, 15) is 15.0 Å². The Balaban J connectivity index is 2.37. The average Bonchev–Trinajstić information content (AvgIpc) is 2.98. The van der Waals surface area contributed by atoms with Gasteiger partial charge in [0.15, 0.2) is 0 Å². The summed E-state index contributed by atoms with van der Waals surface area (Å²) in [5, 5.41) is 27.3. The van der Waals surface area contributed by atoms with Gasteiger partial charge in [-0.05, 0) is 83.0 Å². The molecule has 1 rings (SSSR count). The van der Waals surface area contributed by atoms with Crippen molar-refractivity contribution >= 4 is 5.97 Å². The molecular weight excluding hydrogens is 364 g/mol. The van der Waals surface area contributed by atoms with Crippen LogP contribution in [-0.4, -0.2) is 27.1 Å². The first kappa shape index (κ1) is 25.4. The Morgan fingerprint density at radius 3 is 2.52 bits per heavy atom. The summed E-state index contributed by atoms with van der Waals surface area (Å²) in [5.41, 5.74) is 2.68. The van der Waals surface area contributed by atoms with Crippen LogP contribution < -0.4 is 0 Å². The van der Waals surface area contributed by atoms with E-state index in [4.69, 9.17) is 5.11 Å². The number of allylic oxidation sites excluding steroid dienone is 7. The normalized spacial score (nSPS) is 21.2. The van der Waals surface area contributed by atoms with E-state index in [1.807, 2.05) is 12.2 Å². The molecule has 4 nitrogen and oxygen atoms in total. The maximum absolute atomic E-state index is 10.7. The summed E-state index contributed by atoms with van der Waals surface area (Å²) < 4.78 is 0. The molecule has 0 aromatic heterocycles. The zero-order chi connectivity index (χ0) is 21.9. The summed E-state index contributed by atoms with van der Waals surface area (Å²) in [6, 6.07) is 0. The lowest BCUT2D eigenvalue weighted by Crippen LogP contribution is -2.37. The maximum Gasteiger partial charge on any atom is 0.364 e. The van der Waals surface area contributed by atoms with Crippen LogP contribution in [0.4, 0.5) is 0 Å². The summed E-state index contributed by atoms with van der Waals surface area (Å²) in [5.74, 6) is -2.57. The second-order valence-electron chi connectivity index (χ2n) is 8.80. The van der Waals surface area contributed by atoms with Gasteiger partial charge in [0, 0.05) is 6.42 Å². The first-order chi connectivity index (χ1) is 13.6. The lowest BCUT2D eigenvalue weighted by molar-refractivity contribution is -0.205. The first-order valence-electron chi connectivity index (χ1n) is 10.9. The molecule has 0 aromatic carbocycles. The molecule has 3 atom stereocenters. The fraction of sp³-hybridized carbons (Fsp3) is 0.640. The minimum atomic E-state index is -2.64. The minimum absolute atomic E-state index is 0.209. The van der Waals surface area contributed by atoms with Gasteiger partial charge in [-0.3, -0.25) is 0 Å². The van der Waals surface area contributed by atoms with E-state index in [0.717, 1.165) is 31.6 Å². The molecule has 0 radical (unpaired) electrons. The van der Waals surface area contributed by atoms with Crippen LogP contribution in [0.5, 0.6) is 0 Å².